The van der Waals surface area contributed by atoms with E-state index in [0.717, 1.165) is 64.8 Å². The molecular weight excluding hydrogens is 320 g/mol. The topological polar surface area (TPSA) is 73.1 Å². The summed E-state index contributed by atoms with van der Waals surface area (Å²) in [6, 6.07) is 3.85. The largest absolute Gasteiger partial charge is 0.476 e. The Kier molecular flexibility index (Phi) is 10.2. The van der Waals surface area contributed by atoms with Crippen LogP contribution in [0.25, 0.3) is 0 Å². The number of morpholine rings is 2. The molecule has 1 aromatic heterocycles. The number of pyridine rings is 1. The van der Waals surface area contributed by atoms with Crippen molar-refractivity contribution in [1.29, 1.82) is 0 Å². The molecule has 0 atom stereocenters. The molecule has 0 radical (unpaired) electrons. The molecule has 3 heterocycles. The molecule has 3 rings (SSSR count). The van der Waals surface area contributed by atoms with Crippen molar-refractivity contribution in [2.75, 3.05) is 76.4 Å². The van der Waals surface area contributed by atoms with E-state index in [1.54, 1.807) is 0 Å². The molecule has 144 valence electrons. The third kappa shape index (κ3) is 7.05. The van der Waals surface area contributed by atoms with Crippen LogP contribution in [0.15, 0.2) is 12.1 Å². The van der Waals surface area contributed by atoms with Gasteiger partial charge in [-0.2, -0.15) is 4.98 Å². The maximum absolute atomic E-state index is 5.90. The van der Waals surface area contributed by atoms with Crippen LogP contribution in [0.5, 0.6) is 5.88 Å². The Morgan fingerprint density at radius 2 is 1.64 bits per heavy atom. The minimum Gasteiger partial charge on any atom is -0.476 e. The average Bonchev–Trinajstić information content (AvgIpc) is 2.65. The molecule has 2 aliphatic heterocycles. The highest BCUT2D eigenvalue weighted by Crippen LogP contribution is 2.23. The van der Waals surface area contributed by atoms with Crippen LogP contribution in [0.2, 0.25) is 0 Å². The Morgan fingerprint density at radius 3 is 2.28 bits per heavy atom. The van der Waals surface area contributed by atoms with Gasteiger partial charge >= 0.3 is 0 Å². The predicted molar refractivity (Wildman–Crippen MR) is 103 cm³/mol. The number of nitrogens with zero attached hydrogens (tertiary/aromatic N) is 3. The van der Waals surface area contributed by atoms with Crippen LogP contribution in [0, 0.1) is 0 Å². The third-order valence-corrected chi connectivity index (χ3v) is 3.94. The van der Waals surface area contributed by atoms with Gasteiger partial charge in [0.15, 0.2) is 0 Å². The van der Waals surface area contributed by atoms with Gasteiger partial charge in [-0.1, -0.05) is 21.3 Å². The molecule has 0 saturated carbocycles. The smallest absolute Gasteiger partial charge is 0.217 e. The first-order valence-electron chi connectivity index (χ1n) is 8.84. The fraction of sp³-hybridized carbons (Fsp3) is 0.722. The molecule has 7 nitrogen and oxygen atoms in total. The summed E-state index contributed by atoms with van der Waals surface area (Å²) >= 11 is 0. The monoisotopic (exact) mass is 354 g/mol. The van der Waals surface area contributed by atoms with E-state index in [1.807, 2.05) is 26.0 Å². The molecule has 2 N–H and O–H groups in total. The molecular formula is C18H34N4O3. The zero-order valence-electron chi connectivity index (χ0n) is 14.9. The van der Waals surface area contributed by atoms with Crippen LogP contribution in [0.4, 0.5) is 11.5 Å². The number of aromatic nitrogens is 1. The average molecular weight is 354 g/mol. The van der Waals surface area contributed by atoms with Crippen LogP contribution in [-0.4, -0.2) is 75.6 Å². The number of ether oxygens (including phenoxy) is 3. The van der Waals surface area contributed by atoms with E-state index in [1.165, 1.54) is 0 Å². The van der Waals surface area contributed by atoms with Crippen LogP contribution < -0.4 is 15.4 Å². The Bertz CT molecular complexity index is 475. The van der Waals surface area contributed by atoms with Crippen molar-refractivity contribution in [3.05, 3.63) is 12.1 Å². The second-order valence-corrected chi connectivity index (χ2v) is 5.49. The fourth-order valence-electron chi connectivity index (χ4n) is 2.69. The van der Waals surface area contributed by atoms with Gasteiger partial charge in [-0.05, 0) is 0 Å². The van der Waals surface area contributed by atoms with Crippen LogP contribution >= 0.6 is 0 Å². The van der Waals surface area contributed by atoms with Gasteiger partial charge in [0, 0.05) is 50.5 Å². The Balaban J connectivity index is 0.00000101. The molecule has 25 heavy (non-hydrogen) atoms. The molecule has 0 unspecified atom stereocenters. The molecule has 0 spiro atoms. The second-order valence-electron chi connectivity index (χ2n) is 5.49. The van der Waals surface area contributed by atoms with E-state index in [0.29, 0.717) is 18.3 Å². The lowest BCUT2D eigenvalue weighted by Crippen LogP contribution is -2.38. The van der Waals surface area contributed by atoms with Gasteiger partial charge in [-0.25, -0.2) is 0 Å². The minimum atomic E-state index is 0. The molecule has 0 aliphatic carbocycles. The maximum Gasteiger partial charge on any atom is 0.217 e. The van der Waals surface area contributed by atoms with Gasteiger partial charge in [0.1, 0.15) is 12.4 Å². The molecule has 7 heteroatoms. The highest BCUT2D eigenvalue weighted by Gasteiger charge is 2.14. The highest BCUT2D eigenvalue weighted by atomic mass is 16.5. The van der Waals surface area contributed by atoms with Crippen molar-refractivity contribution in [3.8, 4) is 5.88 Å². The number of rotatable bonds is 5. The second kappa shape index (κ2) is 11.9. The van der Waals surface area contributed by atoms with Crippen molar-refractivity contribution in [2.45, 2.75) is 21.3 Å². The summed E-state index contributed by atoms with van der Waals surface area (Å²) < 4.78 is 16.5. The SMILES string of the molecule is C.CC.Nc1cc(N2CCOCC2)cc(OCCN2CCOCC2)n1. The van der Waals surface area contributed by atoms with Crippen molar-refractivity contribution < 1.29 is 14.2 Å². The molecule has 1 aromatic rings. The van der Waals surface area contributed by atoms with E-state index >= 15 is 0 Å². The lowest BCUT2D eigenvalue weighted by atomic mass is 10.3. The normalized spacial score (nSPS) is 17.9. The minimum absolute atomic E-state index is 0. The zero-order valence-corrected chi connectivity index (χ0v) is 14.9. The van der Waals surface area contributed by atoms with E-state index in [4.69, 9.17) is 19.9 Å². The quantitative estimate of drug-likeness (QED) is 0.865. The Morgan fingerprint density at radius 1 is 1.04 bits per heavy atom. The standard InChI is InChI=1S/C15H24N4O3.C2H6.CH4/c16-14-11-13(19-4-8-21-9-5-19)12-15(17-14)22-10-3-18-1-6-20-7-2-18;1-2;/h11-12H,1-10H2,(H2,16,17);1-2H3;1H4. The molecule has 0 bridgehead atoms. The lowest BCUT2D eigenvalue weighted by Gasteiger charge is -2.29. The molecule has 0 aromatic carbocycles. The number of hydrogen-bond acceptors (Lipinski definition) is 7. The summed E-state index contributed by atoms with van der Waals surface area (Å²) in [5, 5.41) is 0. The predicted octanol–water partition coefficient (Wildman–Crippen LogP) is 1.87. The lowest BCUT2D eigenvalue weighted by molar-refractivity contribution is 0.0320. The summed E-state index contributed by atoms with van der Waals surface area (Å²) in [5.41, 5.74) is 6.96. The van der Waals surface area contributed by atoms with Gasteiger partial charge < -0.3 is 24.8 Å². The van der Waals surface area contributed by atoms with E-state index < -0.39 is 0 Å². The van der Waals surface area contributed by atoms with Crippen LogP contribution in [-0.2, 0) is 9.47 Å². The molecule has 0 amide bonds. The van der Waals surface area contributed by atoms with Gasteiger partial charge in [0.25, 0.3) is 0 Å². The molecule has 2 fully saturated rings. The zero-order chi connectivity index (χ0) is 17.2. The number of anilines is 2. The van der Waals surface area contributed by atoms with Gasteiger partial charge in [0.05, 0.1) is 26.4 Å². The fourth-order valence-corrected chi connectivity index (χ4v) is 2.69. The highest BCUT2D eigenvalue weighted by molar-refractivity contribution is 5.55. The first-order chi connectivity index (χ1) is 11.8. The van der Waals surface area contributed by atoms with Crippen molar-refractivity contribution >= 4 is 11.5 Å². The first kappa shape index (κ1) is 21.5. The van der Waals surface area contributed by atoms with Crippen molar-refractivity contribution in [2.24, 2.45) is 0 Å². The molecule has 2 aliphatic rings. The van der Waals surface area contributed by atoms with Crippen LogP contribution in [0.3, 0.4) is 0 Å². The Hall–Kier alpha value is -1.57. The first-order valence-corrected chi connectivity index (χ1v) is 8.84. The van der Waals surface area contributed by atoms with E-state index in [2.05, 4.69) is 14.8 Å². The third-order valence-electron chi connectivity index (χ3n) is 3.94. The summed E-state index contributed by atoms with van der Waals surface area (Å²) in [6.07, 6.45) is 0. The number of nitrogen functional groups attached to an aromatic ring is 1. The van der Waals surface area contributed by atoms with E-state index in [-0.39, 0.29) is 7.43 Å². The molecule has 2 saturated heterocycles. The summed E-state index contributed by atoms with van der Waals surface area (Å²) in [5.74, 6) is 1.08. The van der Waals surface area contributed by atoms with Crippen molar-refractivity contribution in [3.63, 3.8) is 0 Å². The number of nitrogens with two attached hydrogens (primary N) is 1. The number of hydrogen-bond donors (Lipinski definition) is 1. The van der Waals surface area contributed by atoms with Gasteiger partial charge in [-0.3, -0.25) is 4.90 Å². The summed E-state index contributed by atoms with van der Waals surface area (Å²) in [6.45, 7) is 12.3. The van der Waals surface area contributed by atoms with Crippen molar-refractivity contribution in [1.82, 2.24) is 9.88 Å². The van der Waals surface area contributed by atoms with Crippen LogP contribution in [0.1, 0.15) is 21.3 Å². The summed E-state index contributed by atoms with van der Waals surface area (Å²) in [7, 11) is 0. The Labute approximate surface area is 152 Å². The van der Waals surface area contributed by atoms with Gasteiger partial charge in [-0.15, -0.1) is 0 Å². The summed E-state index contributed by atoms with van der Waals surface area (Å²) in [4.78, 5) is 8.84. The van der Waals surface area contributed by atoms with Gasteiger partial charge in [0.2, 0.25) is 5.88 Å². The van der Waals surface area contributed by atoms with E-state index in [9.17, 15) is 0 Å². The maximum atomic E-state index is 5.90.